The Kier molecular flexibility index (Phi) is 3.00. The number of fused-ring (bicyclic) bond motifs is 1. The highest BCUT2D eigenvalue weighted by atomic mass is 16.5. The molecule has 0 N–H and O–H groups in total. The Labute approximate surface area is 113 Å². The molecule has 2 aromatic carbocycles. The Bertz CT molecular complexity index is 712. The molecule has 1 aromatic heterocycles. The average molecular weight is 251 g/mol. The van der Waals surface area contributed by atoms with Crippen molar-refractivity contribution in [2.24, 2.45) is 0 Å². The van der Waals surface area contributed by atoms with Crippen LogP contribution in [0.4, 0.5) is 0 Å². The van der Waals surface area contributed by atoms with E-state index in [0.29, 0.717) is 0 Å². The van der Waals surface area contributed by atoms with E-state index < -0.39 is 0 Å². The van der Waals surface area contributed by atoms with E-state index in [-0.39, 0.29) is 0 Å². The second-order valence-corrected chi connectivity index (χ2v) is 4.82. The van der Waals surface area contributed by atoms with Crippen LogP contribution < -0.4 is 4.74 Å². The van der Waals surface area contributed by atoms with Gasteiger partial charge >= 0.3 is 0 Å². The first-order chi connectivity index (χ1) is 9.28. The van der Waals surface area contributed by atoms with E-state index in [4.69, 9.17) is 4.74 Å². The third-order valence-corrected chi connectivity index (χ3v) is 3.46. The summed E-state index contributed by atoms with van der Waals surface area (Å²) in [5, 5.41) is 1.29. The Morgan fingerprint density at radius 3 is 2.74 bits per heavy atom. The summed E-state index contributed by atoms with van der Waals surface area (Å²) in [6.07, 6.45) is 2.14. The van der Waals surface area contributed by atoms with Crippen LogP contribution in [0.15, 0.2) is 54.7 Å². The van der Waals surface area contributed by atoms with Gasteiger partial charge in [0, 0.05) is 17.3 Å². The van der Waals surface area contributed by atoms with Crippen molar-refractivity contribution in [1.29, 1.82) is 0 Å². The number of nitrogens with zero attached hydrogens (tertiary/aromatic N) is 1. The molecular weight excluding hydrogens is 234 g/mol. The number of aromatic nitrogens is 1. The number of hydrogen-bond acceptors (Lipinski definition) is 1. The van der Waals surface area contributed by atoms with Crippen LogP contribution in [0.5, 0.6) is 5.75 Å². The first-order valence-corrected chi connectivity index (χ1v) is 6.45. The largest absolute Gasteiger partial charge is 0.496 e. The molecular formula is C17H17NO. The van der Waals surface area contributed by atoms with Crippen LogP contribution in [0.2, 0.25) is 0 Å². The molecule has 1 heterocycles. The zero-order chi connectivity index (χ0) is 13.2. The van der Waals surface area contributed by atoms with E-state index in [2.05, 4.69) is 48.0 Å². The lowest BCUT2D eigenvalue weighted by Gasteiger charge is -2.10. The third-order valence-electron chi connectivity index (χ3n) is 3.46. The Morgan fingerprint density at radius 1 is 1.05 bits per heavy atom. The maximum atomic E-state index is 5.41. The molecule has 96 valence electrons. The maximum Gasteiger partial charge on any atom is 0.123 e. The summed E-state index contributed by atoms with van der Waals surface area (Å²) in [6, 6.07) is 16.9. The monoisotopic (exact) mass is 251 g/mol. The van der Waals surface area contributed by atoms with Gasteiger partial charge in [-0.05, 0) is 36.6 Å². The molecule has 3 rings (SSSR count). The van der Waals surface area contributed by atoms with Gasteiger partial charge in [-0.3, -0.25) is 0 Å². The highest BCUT2D eigenvalue weighted by Gasteiger charge is 2.05. The molecule has 19 heavy (non-hydrogen) atoms. The zero-order valence-electron chi connectivity index (χ0n) is 11.3. The van der Waals surface area contributed by atoms with Crippen LogP contribution >= 0.6 is 0 Å². The summed E-state index contributed by atoms with van der Waals surface area (Å²) >= 11 is 0. The molecule has 0 aliphatic rings. The van der Waals surface area contributed by atoms with Crippen molar-refractivity contribution in [3.05, 3.63) is 65.9 Å². The topological polar surface area (TPSA) is 14.2 Å². The summed E-state index contributed by atoms with van der Waals surface area (Å²) in [7, 11) is 1.72. The first kappa shape index (κ1) is 11.8. The van der Waals surface area contributed by atoms with Crippen LogP contribution in [0.1, 0.15) is 11.1 Å². The van der Waals surface area contributed by atoms with Gasteiger partial charge in [-0.25, -0.2) is 0 Å². The Morgan fingerprint density at radius 2 is 1.89 bits per heavy atom. The van der Waals surface area contributed by atoms with E-state index in [9.17, 15) is 0 Å². The fourth-order valence-corrected chi connectivity index (χ4v) is 2.47. The molecule has 0 aliphatic heterocycles. The van der Waals surface area contributed by atoms with Crippen LogP contribution in [0.3, 0.4) is 0 Å². The lowest BCUT2D eigenvalue weighted by Crippen LogP contribution is -2.00. The van der Waals surface area contributed by atoms with Crippen LogP contribution in [0, 0.1) is 6.92 Å². The van der Waals surface area contributed by atoms with Gasteiger partial charge in [-0.2, -0.15) is 0 Å². The molecule has 0 atom stereocenters. The smallest absolute Gasteiger partial charge is 0.123 e. The van der Waals surface area contributed by atoms with Gasteiger partial charge in [0.2, 0.25) is 0 Å². The molecule has 0 saturated carbocycles. The van der Waals surface area contributed by atoms with Crippen LogP contribution in [-0.4, -0.2) is 11.7 Å². The third kappa shape index (κ3) is 2.22. The van der Waals surface area contributed by atoms with Gasteiger partial charge in [-0.15, -0.1) is 0 Å². The SMILES string of the molecule is COc1ccccc1Cn1ccc2cc(C)ccc21. The standard InChI is InChI=1S/C17H17NO/c1-13-7-8-16-14(11-13)9-10-18(16)12-15-5-3-4-6-17(15)19-2/h3-11H,12H2,1-2H3. The predicted molar refractivity (Wildman–Crippen MR) is 78.8 cm³/mol. The highest BCUT2D eigenvalue weighted by Crippen LogP contribution is 2.22. The summed E-state index contributed by atoms with van der Waals surface area (Å²) < 4.78 is 7.67. The molecule has 0 amide bonds. The Balaban J connectivity index is 2.01. The fourth-order valence-electron chi connectivity index (χ4n) is 2.47. The van der Waals surface area contributed by atoms with Gasteiger partial charge in [0.05, 0.1) is 13.7 Å². The molecule has 2 nitrogen and oxygen atoms in total. The van der Waals surface area contributed by atoms with Crippen LogP contribution in [0.25, 0.3) is 10.9 Å². The van der Waals surface area contributed by atoms with E-state index in [1.165, 1.54) is 22.0 Å². The number of hydrogen-bond donors (Lipinski definition) is 0. The molecule has 2 heteroatoms. The number of aryl methyl sites for hydroxylation is 1. The van der Waals surface area contributed by atoms with Crippen molar-refractivity contribution in [2.45, 2.75) is 13.5 Å². The van der Waals surface area contributed by atoms with Crippen molar-refractivity contribution < 1.29 is 4.74 Å². The van der Waals surface area contributed by atoms with Crippen molar-refractivity contribution in [2.75, 3.05) is 7.11 Å². The molecule has 0 radical (unpaired) electrons. The van der Waals surface area contributed by atoms with Gasteiger partial charge in [0.25, 0.3) is 0 Å². The minimum absolute atomic E-state index is 0.830. The maximum absolute atomic E-state index is 5.41. The number of methoxy groups -OCH3 is 1. The summed E-state index contributed by atoms with van der Waals surface area (Å²) in [6.45, 7) is 2.95. The van der Waals surface area contributed by atoms with Gasteiger partial charge in [0.15, 0.2) is 0 Å². The van der Waals surface area contributed by atoms with E-state index in [0.717, 1.165) is 12.3 Å². The molecule has 3 aromatic rings. The molecule has 0 spiro atoms. The zero-order valence-corrected chi connectivity index (χ0v) is 11.3. The lowest BCUT2D eigenvalue weighted by molar-refractivity contribution is 0.408. The van der Waals surface area contributed by atoms with E-state index in [1.807, 2.05) is 18.2 Å². The normalized spacial score (nSPS) is 10.8. The van der Waals surface area contributed by atoms with Crippen molar-refractivity contribution in [3.8, 4) is 5.75 Å². The lowest BCUT2D eigenvalue weighted by atomic mass is 10.1. The molecule has 0 saturated heterocycles. The number of ether oxygens (including phenoxy) is 1. The average Bonchev–Trinajstić information content (AvgIpc) is 2.82. The van der Waals surface area contributed by atoms with Crippen LogP contribution in [-0.2, 0) is 6.54 Å². The summed E-state index contributed by atoms with van der Waals surface area (Å²) in [5.41, 5.74) is 3.75. The van der Waals surface area contributed by atoms with Gasteiger partial charge in [-0.1, -0.05) is 29.8 Å². The second-order valence-electron chi connectivity index (χ2n) is 4.82. The quantitative estimate of drug-likeness (QED) is 0.686. The Hall–Kier alpha value is -2.22. The first-order valence-electron chi connectivity index (χ1n) is 6.45. The fraction of sp³-hybridized carbons (Fsp3) is 0.176. The van der Waals surface area contributed by atoms with Crippen molar-refractivity contribution >= 4 is 10.9 Å². The van der Waals surface area contributed by atoms with Gasteiger partial charge < -0.3 is 9.30 Å². The minimum Gasteiger partial charge on any atom is -0.496 e. The predicted octanol–water partition coefficient (Wildman–Crippen LogP) is 4.01. The molecule has 0 bridgehead atoms. The number of benzene rings is 2. The molecule has 0 unspecified atom stereocenters. The molecule has 0 fully saturated rings. The van der Waals surface area contributed by atoms with Gasteiger partial charge in [0.1, 0.15) is 5.75 Å². The summed E-state index contributed by atoms with van der Waals surface area (Å²) in [5.74, 6) is 0.941. The molecule has 0 aliphatic carbocycles. The number of rotatable bonds is 3. The highest BCUT2D eigenvalue weighted by molar-refractivity contribution is 5.80. The van der Waals surface area contributed by atoms with Crippen molar-refractivity contribution in [3.63, 3.8) is 0 Å². The van der Waals surface area contributed by atoms with E-state index in [1.54, 1.807) is 7.11 Å². The number of para-hydroxylation sites is 1. The summed E-state index contributed by atoms with van der Waals surface area (Å²) in [4.78, 5) is 0. The van der Waals surface area contributed by atoms with E-state index >= 15 is 0 Å². The minimum atomic E-state index is 0.830. The second kappa shape index (κ2) is 4.81. The van der Waals surface area contributed by atoms with Crippen molar-refractivity contribution in [1.82, 2.24) is 4.57 Å².